The van der Waals surface area contributed by atoms with E-state index in [9.17, 15) is 18.0 Å². The minimum Gasteiger partial charge on any atom is -0.462 e. The van der Waals surface area contributed by atoms with Crippen LogP contribution in [-0.4, -0.2) is 44.7 Å². The number of amides is 1. The molecule has 8 nitrogen and oxygen atoms in total. The monoisotopic (exact) mass is 397 g/mol. The smallest absolute Gasteiger partial charge is 0.338 e. The highest BCUT2D eigenvalue weighted by atomic mass is 32.2. The van der Waals surface area contributed by atoms with E-state index in [0.29, 0.717) is 13.0 Å². The van der Waals surface area contributed by atoms with Crippen LogP contribution < -0.4 is 11.1 Å². The number of benzene rings is 1. The normalized spacial score (nSPS) is 11.2. The Morgan fingerprint density at radius 3 is 2.65 bits per heavy atom. The van der Waals surface area contributed by atoms with Crippen molar-refractivity contribution in [1.29, 1.82) is 0 Å². The van der Waals surface area contributed by atoms with Crippen LogP contribution >= 0.6 is 11.3 Å². The molecule has 0 saturated carbocycles. The van der Waals surface area contributed by atoms with Crippen molar-refractivity contribution in [2.75, 3.05) is 24.7 Å². The number of carbonyl (C=O) groups is 2. The molecule has 0 saturated heterocycles. The lowest BCUT2D eigenvalue weighted by molar-refractivity contribution is 0.0526. The van der Waals surface area contributed by atoms with Gasteiger partial charge in [-0.2, -0.15) is 0 Å². The molecule has 26 heavy (non-hydrogen) atoms. The van der Waals surface area contributed by atoms with Crippen LogP contribution in [0.25, 0.3) is 0 Å². The van der Waals surface area contributed by atoms with Gasteiger partial charge in [0.25, 0.3) is 5.91 Å². The summed E-state index contributed by atoms with van der Waals surface area (Å²) in [7, 11) is -3.59. The summed E-state index contributed by atoms with van der Waals surface area (Å²) in [5.41, 5.74) is 5.85. The SMILES string of the molecule is CCOC(=O)c1cc(NC(=O)c2csc(CCN)n2)cc(S(C)(=O)=O)c1. The van der Waals surface area contributed by atoms with Crippen molar-refractivity contribution in [3.63, 3.8) is 0 Å². The first kappa shape index (κ1) is 20.0. The van der Waals surface area contributed by atoms with Crippen molar-refractivity contribution < 1.29 is 22.7 Å². The number of carbonyl (C=O) groups excluding carboxylic acids is 2. The third kappa shape index (κ3) is 5.10. The Morgan fingerprint density at radius 1 is 1.31 bits per heavy atom. The number of aromatic nitrogens is 1. The minimum absolute atomic E-state index is 0.0344. The molecule has 0 aliphatic heterocycles. The Bertz CT molecular complexity index is 922. The molecular weight excluding hydrogens is 378 g/mol. The van der Waals surface area contributed by atoms with Crippen molar-refractivity contribution in [1.82, 2.24) is 4.98 Å². The maximum absolute atomic E-state index is 12.3. The van der Waals surface area contributed by atoms with Crippen LogP contribution in [0.3, 0.4) is 0 Å². The Morgan fingerprint density at radius 2 is 2.04 bits per heavy atom. The van der Waals surface area contributed by atoms with Gasteiger partial charge in [0.15, 0.2) is 9.84 Å². The molecule has 1 aromatic carbocycles. The van der Waals surface area contributed by atoms with Gasteiger partial charge in [-0.05, 0) is 31.7 Å². The molecule has 1 heterocycles. The van der Waals surface area contributed by atoms with Crippen LogP contribution in [0.5, 0.6) is 0 Å². The van der Waals surface area contributed by atoms with Crippen LogP contribution in [0, 0.1) is 0 Å². The number of nitrogens with zero attached hydrogens (tertiary/aromatic N) is 1. The molecule has 0 spiro atoms. The van der Waals surface area contributed by atoms with Gasteiger partial charge in [0.1, 0.15) is 5.69 Å². The Kier molecular flexibility index (Phi) is 6.46. The molecule has 0 unspecified atom stereocenters. The van der Waals surface area contributed by atoms with E-state index >= 15 is 0 Å². The second-order valence-electron chi connectivity index (χ2n) is 5.36. The largest absolute Gasteiger partial charge is 0.462 e. The van der Waals surface area contributed by atoms with E-state index in [1.165, 1.54) is 29.5 Å². The second kappa shape index (κ2) is 8.39. The zero-order chi connectivity index (χ0) is 19.3. The molecule has 10 heteroatoms. The molecule has 0 radical (unpaired) electrons. The van der Waals surface area contributed by atoms with Gasteiger partial charge in [-0.15, -0.1) is 11.3 Å². The summed E-state index contributed by atoms with van der Waals surface area (Å²) >= 11 is 1.31. The fourth-order valence-electron chi connectivity index (χ4n) is 2.07. The number of nitrogens with two attached hydrogens (primary N) is 1. The first-order valence-electron chi connectivity index (χ1n) is 7.72. The third-order valence-electron chi connectivity index (χ3n) is 3.25. The fraction of sp³-hybridized carbons (Fsp3) is 0.312. The zero-order valence-corrected chi connectivity index (χ0v) is 15.9. The highest BCUT2D eigenvalue weighted by Gasteiger charge is 2.17. The molecular formula is C16H19N3O5S2. The number of nitrogens with one attached hydrogen (secondary N) is 1. The molecule has 0 aliphatic carbocycles. The van der Waals surface area contributed by atoms with Gasteiger partial charge >= 0.3 is 5.97 Å². The van der Waals surface area contributed by atoms with Gasteiger partial charge in [-0.25, -0.2) is 18.2 Å². The second-order valence-corrected chi connectivity index (χ2v) is 8.32. The molecule has 2 rings (SSSR count). The van der Waals surface area contributed by atoms with Gasteiger partial charge in [-0.1, -0.05) is 0 Å². The molecule has 140 valence electrons. The van der Waals surface area contributed by atoms with E-state index in [2.05, 4.69) is 10.3 Å². The highest BCUT2D eigenvalue weighted by Crippen LogP contribution is 2.21. The number of ether oxygens (including phenoxy) is 1. The van der Waals surface area contributed by atoms with E-state index in [0.717, 1.165) is 11.3 Å². The lowest BCUT2D eigenvalue weighted by Crippen LogP contribution is -2.15. The lowest BCUT2D eigenvalue weighted by atomic mass is 10.2. The number of sulfone groups is 1. The van der Waals surface area contributed by atoms with Gasteiger partial charge in [-0.3, -0.25) is 4.79 Å². The van der Waals surface area contributed by atoms with Crippen molar-refractivity contribution in [3.8, 4) is 0 Å². The number of hydrogen-bond acceptors (Lipinski definition) is 8. The minimum atomic E-state index is -3.59. The number of esters is 1. The Labute approximate surface area is 155 Å². The van der Waals surface area contributed by atoms with Crippen molar-refractivity contribution >= 4 is 38.7 Å². The first-order chi connectivity index (χ1) is 12.2. The van der Waals surface area contributed by atoms with Crippen LogP contribution in [0.1, 0.15) is 32.8 Å². The molecule has 0 fully saturated rings. The van der Waals surface area contributed by atoms with Crippen LogP contribution in [-0.2, 0) is 21.0 Å². The molecule has 1 aromatic heterocycles. The summed E-state index contributed by atoms with van der Waals surface area (Å²) in [5, 5.41) is 4.89. The summed E-state index contributed by atoms with van der Waals surface area (Å²) in [6.45, 7) is 2.21. The predicted octanol–water partition coefficient (Wildman–Crippen LogP) is 1.48. The van der Waals surface area contributed by atoms with Gasteiger partial charge in [0, 0.05) is 23.7 Å². The summed E-state index contributed by atoms with van der Waals surface area (Å²) in [6.07, 6.45) is 1.58. The molecule has 0 bridgehead atoms. The highest BCUT2D eigenvalue weighted by molar-refractivity contribution is 7.90. The van der Waals surface area contributed by atoms with E-state index < -0.39 is 21.7 Å². The summed E-state index contributed by atoms with van der Waals surface area (Å²) in [4.78, 5) is 28.4. The lowest BCUT2D eigenvalue weighted by Gasteiger charge is -2.09. The average molecular weight is 397 g/mol. The molecule has 1 amide bonds. The molecule has 0 atom stereocenters. The van der Waals surface area contributed by atoms with Crippen molar-refractivity contribution in [3.05, 3.63) is 39.8 Å². The van der Waals surface area contributed by atoms with E-state index in [-0.39, 0.29) is 28.4 Å². The molecule has 0 aliphatic rings. The molecule has 3 N–H and O–H groups in total. The van der Waals surface area contributed by atoms with Gasteiger partial charge in [0.2, 0.25) is 0 Å². The average Bonchev–Trinajstić information content (AvgIpc) is 3.03. The topological polar surface area (TPSA) is 128 Å². The summed E-state index contributed by atoms with van der Waals surface area (Å²) in [6, 6.07) is 3.85. The number of anilines is 1. The Balaban J connectivity index is 2.33. The molecule has 2 aromatic rings. The van der Waals surface area contributed by atoms with Crippen molar-refractivity contribution in [2.45, 2.75) is 18.2 Å². The maximum Gasteiger partial charge on any atom is 0.338 e. The predicted molar refractivity (Wildman–Crippen MR) is 98.3 cm³/mol. The maximum atomic E-state index is 12.3. The number of rotatable bonds is 7. The number of hydrogen-bond donors (Lipinski definition) is 2. The van der Waals surface area contributed by atoms with Crippen molar-refractivity contribution in [2.24, 2.45) is 5.73 Å². The van der Waals surface area contributed by atoms with Gasteiger partial charge in [0.05, 0.1) is 22.1 Å². The van der Waals surface area contributed by atoms with E-state index in [4.69, 9.17) is 10.5 Å². The standard InChI is InChI=1S/C16H19N3O5S2/c1-3-24-16(21)10-6-11(8-12(7-10)26(2,22)23)18-15(20)13-9-25-14(19-13)4-5-17/h6-9H,3-5,17H2,1-2H3,(H,18,20). The van der Waals surface area contributed by atoms with Crippen LogP contribution in [0.15, 0.2) is 28.5 Å². The van der Waals surface area contributed by atoms with Gasteiger partial charge < -0.3 is 15.8 Å². The van der Waals surface area contributed by atoms with Crippen LogP contribution in [0.4, 0.5) is 5.69 Å². The third-order valence-corrected chi connectivity index (χ3v) is 5.25. The summed E-state index contributed by atoms with van der Waals surface area (Å²) in [5.74, 6) is -1.18. The fourth-order valence-corrected chi connectivity index (χ4v) is 3.54. The first-order valence-corrected chi connectivity index (χ1v) is 10.5. The van der Waals surface area contributed by atoms with E-state index in [1.54, 1.807) is 12.3 Å². The quantitative estimate of drug-likeness (QED) is 0.677. The Hall–Kier alpha value is -2.30. The number of thiazole rings is 1. The summed E-state index contributed by atoms with van der Waals surface area (Å²) < 4.78 is 28.6. The zero-order valence-electron chi connectivity index (χ0n) is 14.3. The van der Waals surface area contributed by atoms with E-state index in [1.807, 2.05) is 0 Å². The van der Waals surface area contributed by atoms with Crippen LogP contribution in [0.2, 0.25) is 0 Å².